The maximum absolute atomic E-state index is 12.4. The Morgan fingerprint density at radius 2 is 1.95 bits per heavy atom. The second-order valence-corrected chi connectivity index (χ2v) is 6.56. The molecule has 2 fully saturated rings. The van der Waals surface area contributed by atoms with Gasteiger partial charge in [0.15, 0.2) is 0 Å². The molecule has 0 aliphatic heterocycles. The molecule has 2 N–H and O–H groups in total. The second-order valence-electron chi connectivity index (χ2n) is 6.13. The van der Waals surface area contributed by atoms with Gasteiger partial charge in [0.05, 0.1) is 11.5 Å². The molecular formula is C16H18ClNO3. The van der Waals surface area contributed by atoms with Gasteiger partial charge in [0.25, 0.3) is 0 Å². The van der Waals surface area contributed by atoms with Crippen molar-refractivity contribution in [3.8, 4) is 0 Å². The number of rotatable bonds is 4. The molecule has 0 saturated heterocycles. The van der Waals surface area contributed by atoms with Crippen molar-refractivity contribution in [2.24, 2.45) is 11.8 Å². The number of nitrogens with one attached hydrogen (secondary N) is 1. The van der Waals surface area contributed by atoms with Crippen molar-refractivity contribution in [3.05, 3.63) is 34.9 Å². The summed E-state index contributed by atoms with van der Waals surface area (Å²) >= 11 is 6.02. The highest BCUT2D eigenvalue weighted by Gasteiger charge is 2.47. The molecule has 0 spiro atoms. The molecule has 1 aromatic carbocycles. The molecule has 2 saturated carbocycles. The van der Waals surface area contributed by atoms with E-state index in [1.54, 1.807) is 0 Å². The highest BCUT2D eigenvalue weighted by molar-refractivity contribution is 6.30. The lowest BCUT2D eigenvalue weighted by Crippen LogP contribution is -2.38. The number of benzene rings is 1. The van der Waals surface area contributed by atoms with E-state index in [2.05, 4.69) is 5.32 Å². The number of hydrogen-bond acceptors (Lipinski definition) is 2. The lowest BCUT2D eigenvalue weighted by molar-refractivity contribution is -0.141. The van der Waals surface area contributed by atoms with Crippen LogP contribution in [0.4, 0.5) is 0 Å². The van der Waals surface area contributed by atoms with Crippen LogP contribution in [0.3, 0.4) is 0 Å². The Balaban J connectivity index is 1.67. The number of carboxylic acid groups (broad SMARTS) is 1. The van der Waals surface area contributed by atoms with E-state index >= 15 is 0 Å². The number of hydrogen-bond donors (Lipinski definition) is 2. The van der Waals surface area contributed by atoms with Crippen LogP contribution >= 0.6 is 11.6 Å². The van der Waals surface area contributed by atoms with Crippen LogP contribution < -0.4 is 5.32 Å². The van der Waals surface area contributed by atoms with Crippen LogP contribution in [0.2, 0.25) is 5.02 Å². The molecule has 0 aromatic heterocycles. The number of aliphatic carboxylic acids is 1. The smallest absolute Gasteiger partial charge is 0.306 e. The van der Waals surface area contributed by atoms with Gasteiger partial charge in [-0.1, -0.05) is 23.7 Å². The van der Waals surface area contributed by atoms with Crippen LogP contribution in [0, 0.1) is 11.8 Å². The minimum atomic E-state index is -0.790. The topological polar surface area (TPSA) is 66.4 Å². The van der Waals surface area contributed by atoms with E-state index < -0.39 is 5.97 Å². The van der Waals surface area contributed by atoms with Gasteiger partial charge < -0.3 is 10.4 Å². The van der Waals surface area contributed by atoms with E-state index in [1.165, 1.54) is 0 Å². The van der Waals surface area contributed by atoms with Gasteiger partial charge in [-0.15, -0.1) is 0 Å². The molecule has 4 nitrogen and oxygen atoms in total. The molecule has 0 bridgehead atoms. The van der Waals surface area contributed by atoms with Crippen molar-refractivity contribution in [3.63, 3.8) is 0 Å². The Morgan fingerprint density at radius 3 is 2.52 bits per heavy atom. The van der Waals surface area contributed by atoms with Gasteiger partial charge in [-0.25, -0.2) is 0 Å². The van der Waals surface area contributed by atoms with E-state index in [0.717, 1.165) is 18.4 Å². The first-order chi connectivity index (χ1) is 10.00. The first kappa shape index (κ1) is 14.4. The van der Waals surface area contributed by atoms with E-state index in [4.69, 9.17) is 16.7 Å². The van der Waals surface area contributed by atoms with Gasteiger partial charge in [0.1, 0.15) is 0 Å². The summed E-state index contributed by atoms with van der Waals surface area (Å²) in [6, 6.07) is 7.58. The largest absolute Gasteiger partial charge is 0.481 e. The van der Waals surface area contributed by atoms with Crippen LogP contribution in [0.1, 0.15) is 37.7 Å². The minimum Gasteiger partial charge on any atom is -0.481 e. The Kier molecular flexibility index (Phi) is 3.66. The van der Waals surface area contributed by atoms with E-state index in [-0.39, 0.29) is 23.3 Å². The molecular weight excluding hydrogens is 290 g/mol. The molecule has 3 rings (SSSR count). The maximum Gasteiger partial charge on any atom is 0.306 e. The zero-order chi connectivity index (χ0) is 15.0. The van der Waals surface area contributed by atoms with Crippen molar-refractivity contribution < 1.29 is 14.7 Å². The van der Waals surface area contributed by atoms with Gasteiger partial charge in [-0.05, 0) is 49.8 Å². The Morgan fingerprint density at radius 1 is 1.24 bits per heavy atom. The van der Waals surface area contributed by atoms with Crippen molar-refractivity contribution in [1.29, 1.82) is 0 Å². The zero-order valence-corrected chi connectivity index (χ0v) is 12.4. The van der Waals surface area contributed by atoms with Crippen LogP contribution in [0.5, 0.6) is 0 Å². The highest BCUT2D eigenvalue weighted by Crippen LogP contribution is 2.46. The summed E-state index contributed by atoms with van der Waals surface area (Å²) in [5.74, 6) is -1.36. The predicted molar refractivity (Wildman–Crippen MR) is 79.0 cm³/mol. The fraction of sp³-hybridized carbons (Fsp3) is 0.500. The highest BCUT2D eigenvalue weighted by atomic mass is 35.5. The molecule has 1 aromatic rings. The monoisotopic (exact) mass is 307 g/mol. The first-order valence-electron chi connectivity index (χ1n) is 7.31. The molecule has 0 unspecified atom stereocenters. The summed E-state index contributed by atoms with van der Waals surface area (Å²) in [7, 11) is 0. The standard InChI is InChI=1S/C16H18ClNO3/c17-13-3-1-2-12(9-13)16(6-7-16)18-14(19)10-4-5-11(8-10)15(20)21/h1-3,9-11H,4-8H2,(H,18,19)(H,20,21)/t10-,11+/m0/s1. The fourth-order valence-electron chi connectivity index (χ4n) is 3.18. The molecule has 1 amide bonds. The number of amides is 1. The van der Waals surface area contributed by atoms with Gasteiger partial charge in [-0.3, -0.25) is 9.59 Å². The third-order valence-electron chi connectivity index (χ3n) is 4.64. The van der Waals surface area contributed by atoms with Gasteiger partial charge >= 0.3 is 5.97 Å². The third kappa shape index (κ3) is 2.91. The molecule has 21 heavy (non-hydrogen) atoms. The van der Waals surface area contributed by atoms with Crippen molar-refractivity contribution in [1.82, 2.24) is 5.32 Å². The second kappa shape index (κ2) is 5.34. The Labute approximate surface area is 128 Å². The van der Waals surface area contributed by atoms with E-state index in [1.807, 2.05) is 24.3 Å². The van der Waals surface area contributed by atoms with Crippen LogP contribution in [-0.2, 0) is 15.1 Å². The zero-order valence-electron chi connectivity index (χ0n) is 11.6. The lowest BCUT2D eigenvalue weighted by Gasteiger charge is -2.21. The average Bonchev–Trinajstić information content (AvgIpc) is 3.04. The van der Waals surface area contributed by atoms with Crippen LogP contribution in [0.25, 0.3) is 0 Å². The molecule has 2 atom stereocenters. The summed E-state index contributed by atoms with van der Waals surface area (Å²) in [4.78, 5) is 23.4. The summed E-state index contributed by atoms with van der Waals surface area (Å²) in [5.41, 5.74) is 0.750. The average molecular weight is 308 g/mol. The third-order valence-corrected chi connectivity index (χ3v) is 4.88. The van der Waals surface area contributed by atoms with E-state index in [0.29, 0.717) is 24.3 Å². The van der Waals surface area contributed by atoms with E-state index in [9.17, 15) is 9.59 Å². The number of carbonyl (C=O) groups is 2. The first-order valence-corrected chi connectivity index (χ1v) is 7.69. The molecule has 112 valence electrons. The Bertz CT molecular complexity index is 583. The van der Waals surface area contributed by atoms with Crippen molar-refractivity contribution in [2.45, 2.75) is 37.6 Å². The van der Waals surface area contributed by atoms with Gasteiger partial charge in [-0.2, -0.15) is 0 Å². The summed E-state index contributed by atoms with van der Waals surface area (Å²) in [6.45, 7) is 0. The Hall–Kier alpha value is -1.55. The molecule has 5 heteroatoms. The quantitative estimate of drug-likeness (QED) is 0.898. The SMILES string of the molecule is O=C(O)[C@@H]1CC[C@H](C(=O)NC2(c3cccc(Cl)c3)CC2)C1. The summed E-state index contributed by atoms with van der Waals surface area (Å²) < 4.78 is 0. The minimum absolute atomic E-state index is 0.0174. The number of halogens is 1. The maximum atomic E-state index is 12.4. The van der Waals surface area contributed by atoms with Gasteiger partial charge in [0, 0.05) is 10.9 Å². The molecule has 0 radical (unpaired) electrons. The van der Waals surface area contributed by atoms with Crippen LogP contribution in [0.15, 0.2) is 24.3 Å². The summed E-state index contributed by atoms with van der Waals surface area (Å²) in [5, 5.41) is 12.8. The number of carbonyl (C=O) groups excluding carboxylic acids is 1. The lowest BCUT2D eigenvalue weighted by atomic mass is 10.0. The van der Waals surface area contributed by atoms with Crippen molar-refractivity contribution >= 4 is 23.5 Å². The van der Waals surface area contributed by atoms with Gasteiger partial charge in [0.2, 0.25) is 5.91 Å². The molecule has 2 aliphatic carbocycles. The summed E-state index contributed by atoms with van der Waals surface area (Å²) in [6.07, 6.45) is 3.53. The fourth-order valence-corrected chi connectivity index (χ4v) is 3.37. The normalized spacial score (nSPS) is 26.3. The molecule has 2 aliphatic rings. The predicted octanol–water partition coefficient (Wildman–Crippen LogP) is 2.95. The van der Waals surface area contributed by atoms with Crippen LogP contribution in [-0.4, -0.2) is 17.0 Å². The number of carboxylic acids is 1. The van der Waals surface area contributed by atoms with Crippen molar-refractivity contribution in [2.75, 3.05) is 0 Å². The molecule has 0 heterocycles.